The van der Waals surface area contributed by atoms with Crippen molar-refractivity contribution >= 4 is 5.91 Å². The largest absolute Gasteiger partial charge is 0.352 e. The van der Waals surface area contributed by atoms with Crippen LogP contribution in [0.3, 0.4) is 0 Å². The molecule has 98 valence electrons. The second kappa shape index (κ2) is 5.53. The summed E-state index contributed by atoms with van der Waals surface area (Å²) in [6.07, 6.45) is 1.04. The van der Waals surface area contributed by atoms with E-state index in [2.05, 4.69) is 48.3 Å². The van der Waals surface area contributed by atoms with E-state index < -0.39 is 0 Å². The average molecular weight is 246 g/mol. The molecule has 1 saturated heterocycles. The zero-order valence-corrected chi connectivity index (χ0v) is 11.4. The number of carbonyl (C=O) groups excluding carboxylic acids is 1. The number of nitrogens with one attached hydrogen (secondary N) is 1. The van der Waals surface area contributed by atoms with Gasteiger partial charge in [-0.3, -0.25) is 9.69 Å². The van der Waals surface area contributed by atoms with Gasteiger partial charge in [0.2, 0.25) is 5.91 Å². The first-order valence-electron chi connectivity index (χ1n) is 6.65. The summed E-state index contributed by atoms with van der Waals surface area (Å²) in [6, 6.07) is 11.8. The molecule has 3 nitrogen and oxygen atoms in total. The minimum Gasteiger partial charge on any atom is -0.352 e. The van der Waals surface area contributed by atoms with Crippen molar-refractivity contribution in [2.45, 2.75) is 45.3 Å². The monoisotopic (exact) mass is 246 g/mol. The van der Waals surface area contributed by atoms with Gasteiger partial charge in [0.25, 0.3) is 0 Å². The van der Waals surface area contributed by atoms with E-state index in [4.69, 9.17) is 0 Å². The zero-order chi connectivity index (χ0) is 13.1. The molecule has 0 aromatic heterocycles. The highest BCUT2D eigenvalue weighted by Gasteiger charge is 2.32. The van der Waals surface area contributed by atoms with E-state index >= 15 is 0 Å². The summed E-state index contributed by atoms with van der Waals surface area (Å²) in [5.74, 6) is 0.0708. The van der Waals surface area contributed by atoms with E-state index in [1.807, 2.05) is 6.07 Å². The molecule has 3 atom stereocenters. The van der Waals surface area contributed by atoms with E-state index in [-0.39, 0.29) is 5.91 Å². The Bertz CT molecular complexity index is 404. The van der Waals surface area contributed by atoms with Crippen LogP contribution in [0.1, 0.15) is 38.8 Å². The van der Waals surface area contributed by atoms with E-state index in [1.165, 1.54) is 5.56 Å². The minimum absolute atomic E-state index is 0.0708. The molecule has 0 aliphatic carbocycles. The Morgan fingerprint density at radius 2 is 2.06 bits per heavy atom. The van der Waals surface area contributed by atoms with E-state index in [0.29, 0.717) is 18.1 Å². The Balaban J connectivity index is 2.03. The van der Waals surface area contributed by atoms with Crippen LogP contribution >= 0.6 is 0 Å². The van der Waals surface area contributed by atoms with Gasteiger partial charge in [0.1, 0.15) is 0 Å². The third kappa shape index (κ3) is 2.91. The smallest absolute Gasteiger partial charge is 0.217 e. The Labute approximate surface area is 109 Å². The van der Waals surface area contributed by atoms with Crippen molar-refractivity contribution in [2.75, 3.05) is 6.54 Å². The normalized spacial score (nSPS) is 25.9. The molecular formula is C15H22N2O. The standard InChI is InChI=1S/C15H22N2O/c1-11-9-15(16-13(3)18)10-17(11)12(2)14-7-5-4-6-8-14/h4-8,11-12,15H,9-10H2,1-3H3,(H,16,18)/t11?,12-,15?/m0/s1. The number of nitrogens with zero attached hydrogens (tertiary/aromatic N) is 1. The van der Waals surface area contributed by atoms with Gasteiger partial charge in [-0.2, -0.15) is 0 Å². The van der Waals surface area contributed by atoms with Crippen molar-refractivity contribution in [2.24, 2.45) is 0 Å². The van der Waals surface area contributed by atoms with Gasteiger partial charge in [-0.05, 0) is 25.8 Å². The fourth-order valence-corrected chi connectivity index (χ4v) is 2.91. The number of hydrogen-bond acceptors (Lipinski definition) is 2. The molecule has 1 aliphatic rings. The fraction of sp³-hybridized carbons (Fsp3) is 0.533. The molecular weight excluding hydrogens is 224 g/mol. The molecule has 1 fully saturated rings. The molecule has 0 radical (unpaired) electrons. The van der Waals surface area contributed by atoms with Crippen LogP contribution in [0.15, 0.2) is 30.3 Å². The predicted molar refractivity (Wildman–Crippen MR) is 73.2 cm³/mol. The van der Waals surface area contributed by atoms with Crippen LogP contribution in [0.4, 0.5) is 0 Å². The highest BCUT2D eigenvalue weighted by molar-refractivity contribution is 5.73. The molecule has 3 heteroatoms. The fourth-order valence-electron chi connectivity index (χ4n) is 2.91. The molecule has 1 aliphatic heterocycles. The predicted octanol–water partition coefficient (Wildman–Crippen LogP) is 2.35. The lowest BCUT2D eigenvalue weighted by molar-refractivity contribution is -0.119. The lowest BCUT2D eigenvalue weighted by Crippen LogP contribution is -2.36. The zero-order valence-electron chi connectivity index (χ0n) is 11.4. The highest BCUT2D eigenvalue weighted by atomic mass is 16.1. The van der Waals surface area contributed by atoms with Crippen LogP contribution in [-0.2, 0) is 4.79 Å². The first-order chi connectivity index (χ1) is 8.58. The second-order valence-electron chi connectivity index (χ2n) is 5.27. The number of likely N-dealkylation sites (tertiary alicyclic amines) is 1. The highest BCUT2D eigenvalue weighted by Crippen LogP contribution is 2.28. The van der Waals surface area contributed by atoms with Crippen molar-refractivity contribution in [1.29, 1.82) is 0 Å². The lowest BCUT2D eigenvalue weighted by atomic mass is 10.1. The number of carbonyl (C=O) groups is 1. The quantitative estimate of drug-likeness (QED) is 0.888. The van der Waals surface area contributed by atoms with Gasteiger partial charge in [-0.15, -0.1) is 0 Å². The van der Waals surface area contributed by atoms with Crippen LogP contribution in [0, 0.1) is 0 Å². The van der Waals surface area contributed by atoms with Crippen LogP contribution in [0.2, 0.25) is 0 Å². The van der Waals surface area contributed by atoms with Gasteiger partial charge in [-0.1, -0.05) is 30.3 Å². The summed E-state index contributed by atoms with van der Waals surface area (Å²) >= 11 is 0. The molecule has 0 saturated carbocycles. The maximum atomic E-state index is 11.1. The maximum Gasteiger partial charge on any atom is 0.217 e. The SMILES string of the molecule is CC(=O)NC1CC(C)N([C@@H](C)c2ccccc2)C1. The molecule has 1 N–H and O–H groups in total. The molecule has 0 bridgehead atoms. The van der Waals surface area contributed by atoms with Gasteiger partial charge in [0, 0.05) is 31.6 Å². The summed E-state index contributed by atoms with van der Waals surface area (Å²) in [7, 11) is 0. The Morgan fingerprint density at radius 3 is 2.67 bits per heavy atom. The van der Waals surface area contributed by atoms with Crippen LogP contribution in [0.5, 0.6) is 0 Å². The molecule has 1 amide bonds. The van der Waals surface area contributed by atoms with Crippen molar-refractivity contribution in [3.05, 3.63) is 35.9 Å². The van der Waals surface area contributed by atoms with Crippen molar-refractivity contribution in [1.82, 2.24) is 10.2 Å². The Morgan fingerprint density at radius 1 is 1.39 bits per heavy atom. The summed E-state index contributed by atoms with van der Waals surface area (Å²) in [5, 5.41) is 3.03. The first-order valence-corrected chi connectivity index (χ1v) is 6.65. The number of amides is 1. The third-order valence-corrected chi connectivity index (χ3v) is 3.81. The third-order valence-electron chi connectivity index (χ3n) is 3.81. The summed E-state index contributed by atoms with van der Waals surface area (Å²) in [4.78, 5) is 13.6. The number of rotatable bonds is 3. The van der Waals surface area contributed by atoms with Gasteiger partial charge < -0.3 is 5.32 Å². The molecule has 18 heavy (non-hydrogen) atoms. The average Bonchev–Trinajstić information content (AvgIpc) is 2.69. The molecule has 2 unspecified atom stereocenters. The second-order valence-corrected chi connectivity index (χ2v) is 5.27. The van der Waals surface area contributed by atoms with Crippen LogP contribution < -0.4 is 5.32 Å². The summed E-state index contributed by atoms with van der Waals surface area (Å²) < 4.78 is 0. The van der Waals surface area contributed by atoms with Gasteiger partial charge >= 0.3 is 0 Å². The first kappa shape index (κ1) is 13.1. The van der Waals surface area contributed by atoms with Crippen molar-refractivity contribution < 1.29 is 4.79 Å². The minimum atomic E-state index is 0.0708. The molecule has 1 heterocycles. The Kier molecular flexibility index (Phi) is 4.02. The van der Waals surface area contributed by atoms with E-state index in [0.717, 1.165) is 13.0 Å². The van der Waals surface area contributed by atoms with Gasteiger partial charge in [-0.25, -0.2) is 0 Å². The topological polar surface area (TPSA) is 32.3 Å². The van der Waals surface area contributed by atoms with E-state index in [9.17, 15) is 4.79 Å². The van der Waals surface area contributed by atoms with Crippen molar-refractivity contribution in [3.8, 4) is 0 Å². The van der Waals surface area contributed by atoms with Crippen LogP contribution in [0.25, 0.3) is 0 Å². The number of hydrogen-bond donors (Lipinski definition) is 1. The van der Waals surface area contributed by atoms with Gasteiger partial charge in [0.05, 0.1) is 0 Å². The molecule has 0 spiro atoms. The number of benzene rings is 1. The van der Waals surface area contributed by atoms with Gasteiger partial charge in [0.15, 0.2) is 0 Å². The molecule has 2 rings (SSSR count). The summed E-state index contributed by atoms with van der Waals surface area (Å²) in [5.41, 5.74) is 1.34. The van der Waals surface area contributed by atoms with Crippen LogP contribution in [-0.4, -0.2) is 29.4 Å². The maximum absolute atomic E-state index is 11.1. The molecule has 1 aromatic rings. The van der Waals surface area contributed by atoms with E-state index in [1.54, 1.807) is 6.92 Å². The Hall–Kier alpha value is -1.35. The summed E-state index contributed by atoms with van der Waals surface area (Å²) in [6.45, 7) is 7.01. The molecule has 1 aromatic carbocycles. The van der Waals surface area contributed by atoms with Crippen molar-refractivity contribution in [3.63, 3.8) is 0 Å². The lowest BCUT2D eigenvalue weighted by Gasteiger charge is -2.28.